The van der Waals surface area contributed by atoms with Crippen molar-refractivity contribution in [1.82, 2.24) is 9.55 Å². The van der Waals surface area contributed by atoms with Crippen LogP contribution in [0, 0.1) is 0 Å². The quantitative estimate of drug-likeness (QED) is 0.289. The van der Waals surface area contributed by atoms with Crippen LogP contribution < -0.4 is 9.14 Å². The van der Waals surface area contributed by atoms with Crippen molar-refractivity contribution >= 4 is 39.0 Å². The van der Waals surface area contributed by atoms with E-state index >= 15 is 0 Å². The summed E-state index contributed by atoms with van der Waals surface area (Å²) in [5.41, 5.74) is 2.33. The molecule has 3 rings (SSSR count). The Morgan fingerprint density at radius 1 is 1.39 bits per heavy atom. The Balaban J connectivity index is 2.20. The van der Waals surface area contributed by atoms with Crippen molar-refractivity contribution in [3.05, 3.63) is 59.1 Å². The van der Waals surface area contributed by atoms with Crippen LogP contribution in [0.15, 0.2) is 42.7 Å². The monoisotopic (exact) mass is 394 g/mol. The third-order valence-corrected chi connectivity index (χ3v) is 4.25. The van der Waals surface area contributed by atoms with E-state index in [1.54, 1.807) is 19.4 Å². The first-order chi connectivity index (χ1) is 11.2. The van der Waals surface area contributed by atoms with Crippen LogP contribution in [0.3, 0.4) is 0 Å². The molecule has 0 unspecified atom stereocenters. The number of ketones is 1. The maximum atomic E-state index is 12.4. The van der Waals surface area contributed by atoms with Crippen LogP contribution in [-0.4, -0.2) is 27.8 Å². The first kappa shape index (κ1) is 16.0. The highest BCUT2D eigenvalue weighted by atomic mass is 79.9. The predicted octanol–water partition coefficient (Wildman–Crippen LogP) is 2.91. The summed E-state index contributed by atoms with van der Waals surface area (Å²) in [4.78, 5) is 16.5. The first-order valence-electron chi connectivity index (χ1n) is 6.92. The van der Waals surface area contributed by atoms with Crippen LogP contribution >= 0.6 is 27.5 Å². The highest BCUT2D eigenvalue weighted by molar-refractivity contribution is 9.09. The van der Waals surface area contributed by atoms with Gasteiger partial charge in [-0.1, -0.05) is 39.7 Å². The van der Waals surface area contributed by atoms with Gasteiger partial charge in [-0.3, -0.25) is 4.79 Å². The van der Waals surface area contributed by atoms with Crippen molar-refractivity contribution < 1.29 is 13.9 Å². The van der Waals surface area contributed by atoms with Gasteiger partial charge in [-0.25, -0.2) is 9.55 Å². The van der Waals surface area contributed by atoms with Gasteiger partial charge >= 0.3 is 5.88 Å². The van der Waals surface area contributed by atoms with Crippen LogP contribution in [0.5, 0.6) is 5.88 Å². The van der Waals surface area contributed by atoms with E-state index in [4.69, 9.17) is 16.3 Å². The first-order valence-corrected chi connectivity index (χ1v) is 8.42. The number of methoxy groups -OCH3 is 1. The number of hydrogen-bond donors (Lipinski definition) is 0. The Kier molecular flexibility index (Phi) is 4.63. The molecular formula is C16H14BrClN3O2+. The van der Waals surface area contributed by atoms with Crippen LogP contribution in [0.25, 0.3) is 5.65 Å². The molecule has 0 aliphatic rings. The summed E-state index contributed by atoms with van der Waals surface area (Å²) < 4.78 is 9.27. The van der Waals surface area contributed by atoms with E-state index < -0.39 is 0 Å². The van der Waals surface area contributed by atoms with E-state index in [2.05, 4.69) is 20.9 Å². The van der Waals surface area contributed by atoms with E-state index in [0.717, 1.165) is 11.2 Å². The zero-order valence-corrected chi connectivity index (χ0v) is 14.7. The van der Waals surface area contributed by atoms with Gasteiger partial charge in [0, 0.05) is 17.8 Å². The van der Waals surface area contributed by atoms with Crippen molar-refractivity contribution in [2.45, 2.75) is 6.54 Å². The second kappa shape index (κ2) is 6.68. The third kappa shape index (κ3) is 2.96. The van der Waals surface area contributed by atoms with Crippen LogP contribution in [0.1, 0.15) is 16.1 Å². The number of carbonyl (C=O) groups excluding carboxylic acids is 1. The standard InChI is InChI=1S/C16H14BrClN3O2/c1-23-16-15(12(22)8-17)21(14-4-2-3-7-20(14)16)10-11-5-6-13(18)19-9-11/h2-7,9H,8,10H2,1H3/q+1. The number of pyridine rings is 2. The number of imidazole rings is 1. The summed E-state index contributed by atoms with van der Waals surface area (Å²) in [6.45, 7) is 0.495. The average molecular weight is 396 g/mol. The number of aromatic nitrogens is 3. The number of hydrogen-bond acceptors (Lipinski definition) is 3. The number of carbonyl (C=O) groups is 1. The molecule has 0 aliphatic carbocycles. The smallest absolute Gasteiger partial charge is 0.341 e. The summed E-state index contributed by atoms with van der Waals surface area (Å²) in [5, 5.41) is 0.661. The van der Waals surface area contributed by atoms with Gasteiger partial charge in [0.25, 0.3) is 11.3 Å². The maximum Gasteiger partial charge on any atom is 0.341 e. The Morgan fingerprint density at radius 2 is 2.22 bits per heavy atom. The van der Waals surface area contributed by atoms with Crippen LogP contribution in [-0.2, 0) is 6.54 Å². The molecule has 0 aliphatic heterocycles. The minimum absolute atomic E-state index is 0.0486. The lowest BCUT2D eigenvalue weighted by Crippen LogP contribution is -2.21. The van der Waals surface area contributed by atoms with Crippen molar-refractivity contribution in [3.8, 4) is 5.88 Å². The summed E-state index contributed by atoms with van der Waals surface area (Å²) in [6.07, 6.45) is 3.58. The third-order valence-electron chi connectivity index (χ3n) is 3.51. The summed E-state index contributed by atoms with van der Waals surface area (Å²) >= 11 is 9.08. The molecule has 0 radical (unpaired) electrons. The number of halogens is 2. The lowest BCUT2D eigenvalue weighted by molar-refractivity contribution is -0.520. The summed E-state index contributed by atoms with van der Waals surface area (Å²) in [6, 6.07) is 9.39. The lowest BCUT2D eigenvalue weighted by Gasteiger charge is -2.02. The van der Waals surface area contributed by atoms with Crippen molar-refractivity contribution in [2.75, 3.05) is 12.4 Å². The van der Waals surface area contributed by atoms with Gasteiger partial charge in [0.15, 0.2) is 0 Å². The van der Waals surface area contributed by atoms with E-state index in [-0.39, 0.29) is 11.1 Å². The fourth-order valence-electron chi connectivity index (χ4n) is 2.54. The second-order valence-corrected chi connectivity index (χ2v) is 5.87. The molecule has 23 heavy (non-hydrogen) atoms. The van der Waals surface area contributed by atoms with Gasteiger partial charge in [-0.15, -0.1) is 0 Å². The molecule has 0 N–H and O–H groups in total. The lowest BCUT2D eigenvalue weighted by atomic mass is 10.2. The molecule has 7 heteroatoms. The zero-order valence-electron chi connectivity index (χ0n) is 12.4. The number of nitrogens with zero attached hydrogens (tertiary/aromatic N) is 3. The topological polar surface area (TPSA) is 48.2 Å². The molecule has 0 spiro atoms. The molecule has 0 bridgehead atoms. The zero-order chi connectivity index (χ0) is 16.4. The Hall–Kier alpha value is -1.92. The Labute approximate surface area is 146 Å². The molecule has 3 aromatic heterocycles. The number of rotatable bonds is 5. The minimum atomic E-state index is -0.0486. The van der Waals surface area contributed by atoms with Crippen LogP contribution in [0.4, 0.5) is 0 Å². The van der Waals surface area contributed by atoms with Gasteiger partial charge in [0.2, 0.25) is 5.78 Å². The van der Waals surface area contributed by atoms with Crippen LogP contribution in [0.2, 0.25) is 5.15 Å². The molecule has 3 aromatic rings. The molecule has 0 amide bonds. The SMILES string of the molecule is COc1c(C(=O)CBr)n(Cc2ccc(Cl)nc2)c2cccc[n+]12. The number of alkyl halides is 1. The number of ether oxygens (including phenoxy) is 1. The molecule has 5 nitrogen and oxygen atoms in total. The molecular weight excluding hydrogens is 382 g/mol. The molecule has 3 heterocycles. The maximum absolute atomic E-state index is 12.4. The van der Waals surface area contributed by atoms with Gasteiger partial charge in [-0.2, -0.15) is 4.40 Å². The fraction of sp³-hybridized carbons (Fsp3) is 0.188. The molecule has 118 valence electrons. The highest BCUT2D eigenvalue weighted by Crippen LogP contribution is 2.21. The van der Waals surface area contributed by atoms with Gasteiger partial charge in [0.1, 0.15) is 11.7 Å². The molecule has 0 saturated heterocycles. The average Bonchev–Trinajstić information content (AvgIpc) is 2.90. The van der Waals surface area contributed by atoms with E-state index in [1.807, 2.05) is 39.4 Å². The van der Waals surface area contributed by atoms with Crippen molar-refractivity contribution in [2.24, 2.45) is 0 Å². The van der Waals surface area contributed by atoms with E-state index in [1.165, 1.54) is 0 Å². The fourth-order valence-corrected chi connectivity index (χ4v) is 2.92. The molecule has 0 saturated carbocycles. The number of fused-ring (bicyclic) bond motifs is 1. The number of Topliss-reactive ketones (excluding diaryl/α,β-unsaturated/α-hetero) is 1. The largest absolute Gasteiger partial charge is 0.462 e. The van der Waals surface area contributed by atoms with E-state index in [9.17, 15) is 4.79 Å². The van der Waals surface area contributed by atoms with Crippen molar-refractivity contribution in [3.63, 3.8) is 0 Å². The molecule has 0 atom stereocenters. The van der Waals surface area contributed by atoms with Crippen molar-refractivity contribution in [1.29, 1.82) is 0 Å². The van der Waals surface area contributed by atoms with Gasteiger partial charge in [0.05, 0.1) is 18.6 Å². The summed E-state index contributed by atoms with van der Waals surface area (Å²) in [7, 11) is 1.56. The van der Waals surface area contributed by atoms with Gasteiger partial charge < -0.3 is 4.74 Å². The Bertz CT molecular complexity index is 862. The molecule has 0 fully saturated rings. The highest BCUT2D eigenvalue weighted by Gasteiger charge is 2.31. The van der Waals surface area contributed by atoms with Gasteiger partial charge in [-0.05, 0) is 12.1 Å². The van der Waals surface area contributed by atoms with E-state index in [0.29, 0.717) is 23.3 Å². The summed E-state index contributed by atoms with van der Waals surface area (Å²) in [5.74, 6) is 0.472. The predicted molar refractivity (Wildman–Crippen MR) is 90.6 cm³/mol. The molecule has 0 aromatic carbocycles. The normalized spacial score (nSPS) is 10.9. The Morgan fingerprint density at radius 3 is 2.87 bits per heavy atom. The minimum Gasteiger partial charge on any atom is -0.462 e. The second-order valence-electron chi connectivity index (χ2n) is 4.92.